The topological polar surface area (TPSA) is 71.3 Å². The number of rotatable bonds is 2. The summed E-state index contributed by atoms with van der Waals surface area (Å²) in [6.45, 7) is 4.03. The molecule has 0 bridgehead atoms. The van der Waals surface area contributed by atoms with Crippen LogP contribution < -0.4 is 5.32 Å². The average Bonchev–Trinajstić information content (AvgIpc) is 3.05. The third kappa shape index (κ3) is 3.25. The number of aromatic nitrogens is 2. The van der Waals surface area contributed by atoms with Gasteiger partial charge < -0.3 is 14.7 Å². The van der Waals surface area contributed by atoms with Crippen molar-refractivity contribution in [1.82, 2.24) is 20.4 Å². The molecule has 0 radical (unpaired) electrons. The first-order chi connectivity index (χ1) is 11.4. The van der Waals surface area contributed by atoms with E-state index in [-0.39, 0.29) is 17.8 Å². The number of piperazine rings is 1. The number of carbonyl (C=O) groups is 1. The Hall–Kier alpha value is -2.42. The van der Waals surface area contributed by atoms with Crippen LogP contribution in [0.4, 0.5) is 13.2 Å². The monoisotopic (exact) mass is 340 g/mol. The second-order valence-electron chi connectivity index (χ2n) is 5.55. The van der Waals surface area contributed by atoms with Crippen molar-refractivity contribution in [1.29, 1.82) is 0 Å². The van der Waals surface area contributed by atoms with Crippen molar-refractivity contribution in [3.05, 3.63) is 35.7 Å². The Morgan fingerprint density at radius 2 is 2.04 bits per heavy atom. The summed E-state index contributed by atoms with van der Waals surface area (Å²) in [6.07, 6.45) is -4.68. The molecular weight excluding hydrogens is 325 g/mol. The molecule has 0 aliphatic carbocycles. The molecule has 6 nitrogen and oxygen atoms in total. The van der Waals surface area contributed by atoms with Gasteiger partial charge in [-0.3, -0.25) is 4.79 Å². The molecule has 0 spiro atoms. The summed E-state index contributed by atoms with van der Waals surface area (Å²) in [7, 11) is 0. The number of benzene rings is 1. The van der Waals surface area contributed by atoms with Crippen LogP contribution in [0, 0.1) is 0 Å². The van der Waals surface area contributed by atoms with Gasteiger partial charge in [-0.2, -0.15) is 18.2 Å². The van der Waals surface area contributed by atoms with Gasteiger partial charge in [0.1, 0.15) is 0 Å². The van der Waals surface area contributed by atoms with Gasteiger partial charge in [0, 0.05) is 36.8 Å². The quantitative estimate of drug-likeness (QED) is 0.907. The third-order valence-electron chi connectivity index (χ3n) is 3.82. The summed E-state index contributed by atoms with van der Waals surface area (Å²) in [4.78, 5) is 17.6. The lowest BCUT2D eigenvalue weighted by atomic mass is 10.1. The maximum atomic E-state index is 12.5. The normalized spacial score (nSPS) is 18.7. The van der Waals surface area contributed by atoms with Crippen molar-refractivity contribution >= 4 is 5.91 Å². The standard InChI is InChI=1S/C15H15F3N4O2/c1-9-8-19-6-7-22(9)13(23)11-4-2-10(3-5-11)12-20-14(24-21-12)15(16,17)18/h2-5,9,19H,6-8H2,1H3/t9-/m0/s1. The molecule has 1 aliphatic rings. The second-order valence-corrected chi connectivity index (χ2v) is 5.55. The summed E-state index contributed by atoms with van der Waals surface area (Å²) in [5, 5.41) is 6.52. The van der Waals surface area contributed by atoms with Gasteiger partial charge in [0.25, 0.3) is 5.91 Å². The zero-order valence-corrected chi connectivity index (χ0v) is 12.8. The van der Waals surface area contributed by atoms with Gasteiger partial charge in [0.2, 0.25) is 5.82 Å². The minimum Gasteiger partial charge on any atom is -0.333 e. The Bertz CT molecular complexity index is 727. The van der Waals surface area contributed by atoms with Gasteiger partial charge >= 0.3 is 12.1 Å². The molecule has 2 heterocycles. The molecule has 9 heteroatoms. The van der Waals surface area contributed by atoms with Crippen molar-refractivity contribution in [3.63, 3.8) is 0 Å². The number of halogens is 3. The van der Waals surface area contributed by atoms with E-state index < -0.39 is 12.1 Å². The van der Waals surface area contributed by atoms with Gasteiger partial charge in [-0.1, -0.05) is 17.3 Å². The number of hydrogen-bond acceptors (Lipinski definition) is 5. The molecule has 3 rings (SSSR count). The third-order valence-corrected chi connectivity index (χ3v) is 3.82. The summed E-state index contributed by atoms with van der Waals surface area (Å²) in [6, 6.07) is 6.19. The van der Waals surface area contributed by atoms with Crippen LogP contribution in [0.3, 0.4) is 0 Å². The number of hydrogen-bond donors (Lipinski definition) is 1. The van der Waals surface area contributed by atoms with Crippen molar-refractivity contribution in [2.24, 2.45) is 0 Å². The second kappa shape index (κ2) is 6.23. The number of nitrogens with one attached hydrogen (secondary N) is 1. The fraction of sp³-hybridized carbons (Fsp3) is 0.400. The van der Waals surface area contributed by atoms with Crippen LogP contribution in [0.2, 0.25) is 0 Å². The number of nitrogens with zero attached hydrogens (tertiary/aromatic N) is 3. The van der Waals surface area contributed by atoms with Crippen LogP contribution >= 0.6 is 0 Å². The van der Waals surface area contributed by atoms with Crippen LogP contribution in [0.1, 0.15) is 23.2 Å². The Kier molecular flexibility index (Phi) is 4.27. The van der Waals surface area contributed by atoms with E-state index in [2.05, 4.69) is 20.0 Å². The lowest BCUT2D eigenvalue weighted by Crippen LogP contribution is -2.52. The molecule has 1 N–H and O–H groups in total. The summed E-state index contributed by atoms with van der Waals surface area (Å²) < 4.78 is 41.6. The molecule has 1 saturated heterocycles. The molecule has 0 unspecified atom stereocenters. The van der Waals surface area contributed by atoms with E-state index in [1.54, 1.807) is 17.0 Å². The number of carbonyl (C=O) groups excluding carboxylic acids is 1. The highest BCUT2D eigenvalue weighted by Crippen LogP contribution is 2.29. The van der Waals surface area contributed by atoms with Crippen molar-refractivity contribution in [2.75, 3.05) is 19.6 Å². The maximum Gasteiger partial charge on any atom is 0.471 e. The Balaban J connectivity index is 1.78. The maximum absolute atomic E-state index is 12.5. The molecule has 1 fully saturated rings. The van der Waals surface area contributed by atoms with Gasteiger partial charge in [-0.25, -0.2) is 0 Å². The van der Waals surface area contributed by atoms with E-state index in [0.29, 0.717) is 17.7 Å². The lowest BCUT2D eigenvalue weighted by molar-refractivity contribution is -0.159. The lowest BCUT2D eigenvalue weighted by Gasteiger charge is -2.34. The molecular formula is C15H15F3N4O2. The fourth-order valence-electron chi connectivity index (χ4n) is 2.53. The molecule has 128 valence electrons. The zero-order valence-electron chi connectivity index (χ0n) is 12.8. The number of alkyl halides is 3. The molecule has 1 amide bonds. The van der Waals surface area contributed by atoms with E-state index in [9.17, 15) is 18.0 Å². The summed E-state index contributed by atoms with van der Waals surface area (Å²) in [5.41, 5.74) is 0.811. The predicted octanol–water partition coefficient (Wildman–Crippen LogP) is 2.19. The summed E-state index contributed by atoms with van der Waals surface area (Å²) in [5.74, 6) is -1.68. The van der Waals surface area contributed by atoms with E-state index in [4.69, 9.17) is 0 Å². The van der Waals surface area contributed by atoms with Crippen molar-refractivity contribution < 1.29 is 22.5 Å². The SMILES string of the molecule is C[C@H]1CNCCN1C(=O)c1ccc(-c2noc(C(F)(F)F)n2)cc1. The highest BCUT2D eigenvalue weighted by molar-refractivity contribution is 5.95. The van der Waals surface area contributed by atoms with E-state index in [1.807, 2.05) is 6.92 Å². The van der Waals surface area contributed by atoms with E-state index >= 15 is 0 Å². The van der Waals surface area contributed by atoms with Crippen LogP contribution in [-0.2, 0) is 6.18 Å². The van der Waals surface area contributed by atoms with Crippen LogP contribution in [0.25, 0.3) is 11.4 Å². The van der Waals surface area contributed by atoms with Crippen LogP contribution in [0.5, 0.6) is 0 Å². The van der Waals surface area contributed by atoms with Gasteiger partial charge in [-0.05, 0) is 19.1 Å². The molecule has 1 aliphatic heterocycles. The van der Waals surface area contributed by atoms with Crippen LogP contribution in [-0.4, -0.2) is 46.6 Å². The van der Waals surface area contributed by atoms with E-state index in [0.717, 1.165) is 13.1 Å². The Morgan fingerprint density at radius 3 is 2.62 bits per heavy atom. The summed E-state index contributed by atoms with van der Waals surface area (Å²) >= 11 is 0. The molecule has 2 aromatic rings. The van der Waals surface area contributed by atoms with Crippen molar-refractivity contribution in [3.8, 4) is 11.4 Å². The first-order valence-corrected chi connectivity index (χ1v) is 7.39. The van der Waals surface area contributed by atoms with Gasteiger partial charge in [0.15, 0.2) is 0 Å². The predicted molar refractivity (Wildman–Crippen MR) is 78.1 cm³/mol. The molecule has 24 heavy (non-hydrogen) atoms. The Labute approximate surface area is 135 Å². The first-order valence-electron chi connectivity index (χ1n) is 7.39. The highest BCUT2D eigenvalue weighted by atomic mass is 19.4. The minimum atomic E-state index is -4.68. The van der Waals surface area contributed by atoms with Crippen molar-refractivity contribution in [2.45, 2.75) is 19.1 Å². The first kappa shape index (κ1) is 16.4. The minimum absolute atomic E-state index is 0.0810. The Morgan fingerprint density at radius 1 is 1.33 bits per heavy atom. The molecule has 1 aromatic heterocycles. The van der Waals surface area contributed by atoms with Crippen LogP contribution in [0.15, 0.2) is 28.8 Å². The van der Waals surface area contributed by atoms with Gasteiger partial charge in [0.05, 0.1) is 0 Å². The molecule has 1 atom stereocenters. The van der Waals surface area contributed by atoms with E-state index in [1.165, 1.54) is 12.1 Å². The fourth-order valence-corrected chi connectivity index (χ4v) is 2.53. The highest BCUT2D eigenvalue weighted by Gasteiger charge is 2.38. The zero-order chi connectivity index (χ0) is 17.3. The smallest absolute Gasteiger partial charge is 0.333 e. The largest absolute Gasteiger partial charge is 0.471 e. The number of amides is 1. The van der Waals surface area contributed by atoms with Gasteiger partial charge in [-0.15, -0.1) is 0 Å². The molecule has 0 saturated carbocycles. The average molecular weight is 340 g/mol. The molecule has 1 aromatic carbocycles.